The number of benzene rings is 1. The van der Waals surface area contributed by atoms with Crippen molar-refractivity contribution in [2.45, 2.75) is 18.4 Å². The van der Waals surface area contributed by atoms with Crippen molar-refractivity contribution in [3.8, 4) is 0 Å². The lowest BCUT2D eigenvalue weighted by atomic mass is 10.1. The molecule has 0 spiro atoms. The van der Waals surface area contributed by atoms with Gasteiger partial charge < -0.3 is 0 Å². The number of rotatable bonds is 4. The van der Waals surface area contributed by atoms with E-state index in [0.717, 1.165) is 16.0 Å². The van der Waals surface area contributed by atoms with E-state index in [1.54, 1.807) is 22.6 Å². The van der Waals surface area contributed by atoms with E-state index in [1.165, 1.54) is 0 Å². The van der Waals surface area contributed by atoms with Gasteiger partial charge >= 0.3 is 0 Å². The Hall–Kier alpha value is -1.55. The molecule has 2 aromatic rings. The zero-order chi connectivity index (χ0) is 12.3. The smallest absolute Gasteiger partial charge is 0.184 e. The quantitative estimate of drug-likeness (QED) is 0.614. The summed E-state index contributed by atoms with van der Waals surface area (Å²) in [6, 6.07) is 7.66. The van der Waals surface area contributed by atoms with Gasteiger partial charge in [-0.15, -0.1) is 11.8 Å². The molecular formula is C13H14N2OS. The third-order valence-corrected chi connectivity index (χ3v) is 3.22. The number of Topliss-reactive ketones (excluding diaryl/α,β-unsaturated/α-hetero) is 1. The van der Waals surface area contributed by atoms with Gasteiger partial charge in [-0.05, 0) is 30.9 Å². The van der Waals surface area contributed by atoms with Crippen LogP contribution in [0.1, 0.15) is 15.9 Å². The van der Waals surface area contributed by atoms with E-state index in [9.17, 15) is 4.79 Å². The van der Waals surface area contributed by atoms with Crippen molar-refractivity contribution in [1.82, 2.24) is 9.78 Å². The highest BCUT2D eigenvalue weighted by Crippen LogP contribution is 2.15. The first kappa shape index (κ1) is 11.9. The molecule has 0 radical (unpaired) electrons. The fourth-order valence-electron chi connectivity index (χ4n) is 1.57. The number of carbonyl (C=O) groups is 1. The van der Waals surface area contributed by atoms with Crippen LogP contribution in [0.4, 0.5) is 0 Å². The summed E-state index contributed by atoms with van der Waals surface area (Å²) in [6.07, 6.45) is 5.64. The van der Waals surface area contributed by atoms with Crippen LogP contribution in [-0.2, 0) is 6.54 Å². The fourth-order valence-corrected chi connectivity index (χ4v) is 1.98. The molecule has 2 rings (SSSR count). The predicted octanol–water partition coefficient (Wildman–Crippen LogP) is 2.80. The van der Waals surface area contributed by atoms with Gasteiger partial charge in [0.2, 0.25) is 0 Å². The van der Waals surface area contributed by atoms with Crippen molar-refractivity contribution in [1.29, 1.82) is 0 Å². The first-order valence-electron chi connectivity index (χ1n) is 5.35. The van der Waals surface area contributed by atoms with Gasteiger partial charge in [-0.1, -0.05) is 12.1 Å². The summed E-state index contributed by atoms with van der Waals surface area (Å²) in [5.41, 5.74) is 1.80. The fraction of sp³-hybridized carbons (Fsp3) is 0.231. The van der Waals surface area contributed by atoms with Crippen LogP contribution in [-0.4, -0.2) is 21.8 Å². The van der Waals surface area contributed by atoms with E-state index in [0.29, 0.717) is 6.54 Å². The number of ketones is 1. The highest BCUT2D eigenvalue weighted by Gasteiger charge is 2.07. The minimum atomic E-state index is 0.0840. The molecule has 1 aromatic carbocycles. The molecule has 0 aliphatic carbocycles. The van der Waals surface area contributed by atoms with E-state index in [4.69, 9.17) is 0 Å². The molecule has 0 saturated carbocycles. The normalized spacial score (nSPS) is 10.5. The molecule has 17 heavy (non-hydrogen) atoms. The Morgan fingerprint density at radius 2 is 2.06 bits per heavy atom. The summed E-state index contributed by atoms with van der Waals surface area (Å²) in [6.45, 7) is 2.26. The summed E-state index contributed by atoms with van der Waals surface area (Å²) in [5, 5.41) is 4.11. The molecule has 0 amide bonds. The lowest BCUT2D eigenvalue weighted by molar-refractivity contribution is 0.0967. The maximum Gasteiger partial charge on any atom is 0.184 e. The Bertz CT molecular complexity index is 516. The summed E-state index contributed by atoms with van der Waals surface area (Å²) in [4.78, 5) is 13.1. The van der Waals surface area contributed by atoms with Gasteiger partial charge in [0.05, 0.1) is 6.20 Å². The van der Waals surface area contributed by atoms with Crippen LogP contribution >= 0.6 is 11.8 Å². The van der Waals surface area contributed by atoms with Crippen molar-refractivity contribution in [3.63, 3.8) is 0 Å². The molecule has 1 aromatic heterocycles. The highest BCUT2D eigenvalue weighted by molar-refractivity contribution is 7.98. The lowest BCUT2D eigenvalue weighted by Crippen LogP contribution is -2.10. The number of thioether (sulfide) groups is 1. The summed E-state index contributed by atoms with van der Waals surface area (Å²) < 4.78 is 1.67. The Morgan fingerprint density at radius 3 is 2.59 bits per heavy atom. The van der Waals surface area contributed by atoms with Gasteiger partial charge in [0.15, 0.2) is 5.78 Å². The molecule has 0 saturated heterocycles. The SMILES string of the molecule is CSc1ccc(C(=O)Cn2cc(C)cn2)cc1. The molecule has 0 aliphatic heterocycles. The number of hydrogen-bond donors (Lipinski definition) is 0. The molecule has 0 aliphatic rings. The highest BCUT2D eigenvalue weighted by atomic mass is 32.2. The first-order valence-corrected chi connectivity index (χ1v) is 6.58. The van der Waals surface area contributed by atoms with E-state index >= 15 is 0 Å². The second kappa shape index (κ2) is 5.19. The third kappa shape index (κ3) is 2.97. The van der Waals surface area contributed by atoms with Crippen LogP contribution in [0.15, 0.2) is 41.6 Å². The summed E-state index contributed by atoms with van der Waals surface area (Å²) in [5.74, 6) is 0.0840. The lowest BCUT2D eigenvalue weighted by Gasteiger charge is -2.02. The van der Waals surface area contributed by atoms with Crippen molar-refractivity contribution >= 4 is 17.5 Å². The summed E-state index contributed by atoms with van der Waals surface area (Å²) >= 11 is 1.67. The first-order chi connectivity index (χ1) is 8.19. The summed E-state index contributed by atoms with van der Waals surface area (Å²) in [7, 11) is 0. The Kier molecular flexibility index (Phi) is 3.64. The van der Waals surface area contributed by atoms with Gasteiger partial charge in [-0.3, -0.25) is 9.48 Å². The van der Waals surface area contributed by atoms with E-state index in [-0.39, 0.29) is 5.78 Å². The maximum absolute atomic E-state index is 12.0. The van der Waals surface area contributed by atoms with E-state index in [2.05, 4.69) is 5.10 Å². The average Bonchev–Trinajstić information content (AvgIpc) is 2.75. The number of carbonyl (C=O) groups excluding carboxylic acids is 1. The van der Waals surface area contributed by atoms with Crippen molar-refractivity contribution in [2.24, 2.45) is 0 Å². The van der Waals surface area contributed by atoms with Crippen LogP contribution in [0.3, 0.4) is 0 Å². The number of hydrogen-bond acceptors (Lipinski definition) is 3. The molecule has 0 fully saturated rings. The van der Waals surface area contributed by atoms with Gasteiger partial charge in [-0.25, -0.2) is 0 Å². The monoisotopic (exact) mass is 246 g/mol. The van der Waals surface area contributed by atoms with Crippen molar-refractivity contribution in [2.75, 3.05) is 6.26 Å². The number of nitrogens with zero attached hydrogens (tertiary/aromatic N) is 2. The zero-order valence-electron chi connectivity index (χ0n) is 9.88. The molecule has 0 unspecified atom stereocenters. The minimum absolute atomic E-state index is 0.0840. The predicted molar refractivity (Wildman–Crippen MR) is 69.5 cm³/mol. The van der Waals surface area contributed by atoms with Crippen molar-refractivity contribution < 1.29 is 4.79 Å². The number of aryl methyl sites for hydroxylation is 1. The second-order valence-electron chi connectivity index (χ2n) is 3.87. The Labute approximate surface area is 105 Å². The van der Waals surface area contributed by atoms with Gasteiger partial charge in [0.1, 0.15) is 6.54 Å². The van der Waals surface area contributed by atoms with E-state index in [1.807, 2.05) is 43.6 Å². The molecular weight excluding hydrogens is 232 g/mol. The second-order valence-corrected chi connectivity index (χ2v) is 4.75. The molecule has 3 nitrogen and oxygen atoms in total. The zero-order valence-corrected chi connectivity index (χ0v) is 10.7. The molecule has 0 N–H and O–H groups in total. The molecule has 0 atom stereocenters. The van der Waals surface area contributed by atoms with Crippen LogP contribution in [0, 0.1) is 6.92 Å². The van der Waals surface area contributed by atoms with Gasteiger partial charge in [0.25, 0.3) is 0 Å². The van der Waals surface area contributed by atoms with Crippen LogP contribution in [0.5, 0.6) is 0 Å². The van der Waals surface area contributed by atoms with Crippen LogP contribution in [0.25, 0.3) is 0 Å². The average molecular weight is 246 g/mol. The molecule has 1 heterocycles. The molecule has 88 valence electrons. The largest absolute Gasteiger partial charge is 0.292 e. The number of aromatic nitrogens is 2. The van der Waals surface area contributed by atoms with Crippen LogP contribution < -0.4 is 0 Å². The third-order valence-electron chi connectivity index (χ3n) is 2.48. The molecule has 4 heteroatoms. The standard InChI is InChI=1S/C13H14N2OS/c1-10-7-14-15(8-10)9-13(16)11-3-5-12(17-2)6-4-11/h3-8H,9H2,1-2H3. The van der Waals surface area contributed by atoms with Gasteiger partial charge in [-0.2, -0.15) is 5.10 Å². The maximum atomic E-state index is 12.0. The topological polar surface area (TPSA) is 34.9 Å². The van der Waals surface area contributed by atoms with Crippen LogP contribution in [0.2, 0.25) is 0 Å². The minimum Gasteiger partial charge on any atom is -0.292 e. The Balaban J connectivity index is 2.09. The molecule has 0 bridgehead atoms. The van der Waals surface area contributed by atoms with E-state index < -0.39 is 0 Å². The van der Waals surface area contributed by atoms with Gasteiger partial charge in [0, 0.05) is 16.7 Å². The Morgan fingerprint density at radius 1 is 1.35 bits per heavy atom. The van der Waals surface area contributed by atoms with Crippen molar-refractivity contribution in [3.05, 3.63) is 47.8 Å².